The molecule has 0 saturated carbocycles. The number of nitrogens with zero attached hydrogens (tertiary/aromatic N) is 1. The first-order chi connectivity index (χ1) is 13.9. The van der Waals surface area contributed by atoms with Gasteiger partial charge in [-0.2, -0.15) is 0 Å². The first-order valence-corrected chi connectivity index (χ1v) is 10.4. The average Bonchev–Trinajstić information content (AvgIpc) is 3.15. The third-order valence-corrected chi connectivity index (χ3v) is 5.39. The lowest BCUT2D eigenvalue weighted by Gasteiger charge is -2.22. The Kier molecular flexibility index (Phi) is 8.98. The van der Waals surface area contributed by atoms with Crippen molar-refractivity contribution in [3.63, 3.8) is 0 Å². The number of methoxy groups -OCH3 is 3. The molecule has 2 atom stereocenters. The van der Waals surface area contributed by atoms with Gasteiger partial charge in [-0.25, -0.2) is 0 Å². The van der Waals surface area contributed by atoms with E-state index in [1.807, 2.05) is 32.0 Å². The molecule has 8 heteroatoms. The standard InChI is InChI=1S/C21H33N3O4S/c1-14(2)23-21(29)24-12-17(16-11-15(27-4)7-8-19(16)28-5)18(13-24)20(25)22-9-6-10-26-3/h7-8,11,14,17-18H,6,9-10,12-13H2,1-5H3,(H,22,25)(H,23,29). The van der Waals surface area contributed by atoms with Crippen LogP contribution in [-0.2, 0) is 9.53 Å². The number of ether oxygens (including phenoxy) is 3. The molecule has 1 aromatic rings. The summed E-state index contributed by atoms with van der Waals surface area (Å²) in [5, 5.41) is 6.99. The van der Waals surface area contributed by atoms with Crippen LogP contribution in [0.4, 0.5) is 0 Å². The molecule has 0 spiro atoms. The van der Waals surface area contributed by atoms with Crippen LogP contribution in [-0.4, -0.2) is 69.5 Å². The van der Waals surface area contributed by atoms with Crippen LogP contribution in [0.15, 0.2) is 18.2 Å². The Balaban J connectivity index is 2.27. The maximum atomic E-state index is 13.0. The lowest BCUT2D eigenvalue weighted by Crippen LogP contribution is -2.42. The van der Waals surface area contributed by atoms with Gasteiger partial charge in [0.25, 0.3) is 0 Å². The molecule has 29 heavy (non-hydrogen) atoms. The number of carbonyl (C=O) groups is 1. The molecule has 1 aliphatic heterocycles. The summed E-state index contributed by atoms with van der Waals surface area (Å²) in [7, 11) is 4.93. The van der Waals surface area contributed by atoms with Gasteiger partial charge in [-0.15, -0.1) is 0 Å². The Labute approximate surface area is 179 Å². The maximum absolute atomic E-state index is 13.0. The van der Waals surface area contributed by atoms with Crippen molar-refractivity contribution in [1.29, 1.82) is 0 Å². The lowest BCUT2D eigenvalue weighted by atomic mass is 9.87. The summed E-state index contributed by atoms with van der Waals surface area (Å²) >= 11 is 5.57. The Morgan fingerprint density at radius 2 is 2.00 bits per heavy atom. The van der Waals surface area contributed by atoms with Gasteiger partial charge in [0.05, 0.1) is 20.1 Å². The van der Waals surface area contributed by atoms with Crippen LogP contribution >= 0.6 is 12.2 Å². The zero-order valence-electron chi connectivity index (χ0n) is 18.0. The molecule has 2 rings (SSSR count). The summed E-state index contributed by atoms with van der Waals surface area (Å²) in [6.45, 7) is 6.49. The van der Waals surface area contributed by atoms with Gasteiger partial charge in [-0.05, 0) is 50.7 Å². The van der Waals surface area contributed by atoms with E-state index in [0.717, 1.165) is 23.5 Å². The van der Waals surface area contributed by atoms with Crippen molar-refractivity contribution in [2.45, 2.75) is 32.2 Å². The number of nitrogens with one attached hydrogen (secondary N) is 2. The molecule has 7 nitrogen and oxygen atoms in total. The largest absolute Gasteiger partial charge is 0.497 e. The minimum Gasteiger partial charge on any atom is -0.497 e. The molecule has 0 bridgehead atoms. The van der Waals surface area contributed by atoms with Crippen LogP contribution in [0.1, 0.15) is 31.7 Å². The number of hydrogen-bond acceptors (Lipinski definition) is 5. The van der Waals surface area contributed by atoms with E-state index in [0.29, 0.717) is 31.4 Å². The Bertz CT molecular complexity index is 699. The Morgan fingerprint density at radius 1 is 1.24 bits per heavy atom. The van der Waals surface area contributed by atoms with Gasteiger partial charge in [0.15, 0.2) is 5.11 Å². The molecule has 1 heterocycles. The molecule has 2 N–H and O–H groups in total. The minimum absolute atomic E-state index is 0.0193. The number of likely N-dealkylation sites (tertiary alicyclic amines) is 1. The van der Waals surface area contributed by atoms with Crippen molar-refractivity contribution in [3.8, 4) is 11.5 Å². The predicted octanol–water partition coefficient (Wildman–Crippen LogP) is 2.15. The summed E-state index contributed by atoms with van der Waals surface area (Å²) in [5.41, 5.74) is 0.957. The molecule has 1 amide bonds. The van der Waals surface area contributed by atoms with E-state index >= 15 is 0 Å². The van der Waals surface area contributed by atoms with Crippen molar-refractivity contribution in [2.24, 2.45) is 5.92 Å². The van der Waals surface area contributed by atoms with E-state index in [1.165, 1.54) is 0 Å². The fourth-order valence-electron chi connectivity index (χ4n) is 3.58. The molecule has 1 saturated heterocycles. The highest BCUT2D eigenvalue weighted by atomic mass is 32.1. The van der Waals surface area contributed by atoms with E-state index < -0.39 is 0 Å². The monoisotopic (exact) mass is 423 g/mol. The van der Waals surface area contributed by atoms with Crippen LogP contribution in [0.5, 0.6) is 11.5 Å². The van der Waals surface area contributed by atoms with Crippen molar-refractivity contribution < 1.29 is 19.0 Å². The van der Waals surface area contributed by atoms with Crippen LogP contribution in [0.25, 0.3) is 0 Å². The number of amides is 1. The molecule has 0 radical (unpaired) electrons. The third-order valence-electron chi connectivity index (χ3n) is 5.02. The summed E-state index contributed by atoms with van der Waals surface area (Å²) in [4.78, 5) is 15.1. The highest BCUT2D eigenvalue weighted by Gasteiger charge is 2.40. The first kappa shape index (κ1) is 23.2. The van der Waals surface area contributed by atoms with Crippen LogP contribution in [0, 0.1) is 5.92 Å². The quantitative estimate of drug-likeness (QED) is 0.466. The van der Waals surface area contributed by atoms with Crippen molar-refractivity contribution in [2.75, 3.05) is 47.6 Å². The molecule has 2 unspecified atom stereocenters. The number of rotatable bonds is 9. The lowest BCUT2D eigenvalue weighted by molar-refractivity contribution is -0.124. The van der Waals surface area contributed by atoms with Crippen LogP contribution < -0.4 is 20.1 Å². The normalized spacial score (nSPS) is 18.6. The molecular formula is C21H33N3O4S. The predicted molar refractivity (Wildman–Crippen MR) is 118 cm³/mol. The number of carbonyl (C=O) groups excluding carboxylic acids is 1. The summed E-state index contributed by atoms with van der Waals surface area (Å²) in [5.74, 6) is 1.20. The zero-order chi connectivity index (χ0) is 21.4. The highest BCUT2D eigenvalue weighted by Crippen LogP contribution is 2.39. The summed E-state index contributed by atoms with van der Waals surface area (Å²) in [6, 6.07) is 5.93. The van der Waals surface area contributed by atoms with Gasteiger partial charge in [0.1, 0.15) is 11.5 Å². The number of hydrogen-bond donors (Lipinski definition) is 2. The van der Waals surface area contributed by atoms with Gasteiger partial charge in [-0.1, -0.05) is 0 Å². The van der Waals surface area contributed by atoms with Crippen LogP contribution in [0.2, 0.25) is 0 Å². The Hall–Kier alpha value is -2.06. The van der Waals surface area contributed by atoms with Crippen molar-refractivity contribution >= 4 is 23.2 Å². The topological polar surface area (TPSA) is 72.1 Å². The molecule has 162 valence electrons. The van der Waals surface area contributed by atoms with Gasteiger partial charge in [0.2, 0.25) is 5.91 Å². The second-order valence-electron chi connectivity index (χ2n) is 7.47. The molecule has 0 aliphatic carbocycles. The number of thiocarbonyl (C=S) groups is 1. The molecule has 0 aromatic heterocycles. The van der Waals surface area contributed by atoms with Gasteiger partial charge in [-0.3, -0.25) is 4.79 Å². The van der Waals surface area contributed by atoms with Crippen molar-refractivity contribution in [3.05, 3.63) is 23.8 Å². The van der Waals surface area contributed by atoms with E-state index in [1.54, 1.807) is 21.3 Å². The third kappa shape index (κ3) is 6.21. The summed E-state index contributed by atoms with van der Waals surface area (Å²) < 4.78 is 16.1. The maximum Gasteiger partial charge on any atom is 0.225 e. The smallest absolute Gasteiger partial charge is 0.225 e. The number of benzene rings is 1. The first-order valence-electron chi connectivity index (χ1n) is 9.95. The van der Waals surface area contributed by atoms with Gasteiger partial charge < -0.3 is 29.7 Å². The van der Waals surface area contributed by atoms with Crippen LogP contribution in [0.3, 0.4) is 0 Å². The molecular weight excluding hydrogens is 390 g/mol. The fraction of sp³-hybridized carbons (Fsp3) is 0.619. The summed E-state index contributed by atoms with van der Waals surface area (Å²) in [6.07, 6.45) is 0.777. The fourth-order valence-corrected chi connectivity index (χ4v) is 3.96. The SMILES string of the molecule is COCCCNC(=O)C1CN(C(=S)NC(C)C)CC1c1cc(OC)ccc1OC. The van der Waals surface area contributed by atoms with Gasteiger partial charge >= 0.3 is 0 Å². The molecule has 1 aromatic carbocycles. The minimum atomic E-state index is -0.245. The van der Waals surface area contributed by atoms with Crippen molar-refractivity contribution in [1.82, 2.24) is 15.5 Å². The average molecular weight is 424 g/mol. The van der Waals surface area contributed by atoms with E-state index in [2.05, 4.69) is 15.5 Å². The van der Waals surface area contributed by atoms with E-state index in [9.17, 15) is 4.79 Å². The van der Waals surface area contributed by atoms with Gasteiger partial charge in [0, 0.05) is 50.9 Å². The highest BCUT2D eigenvalue weighted by molar-refractivity contribution is 7.80. The second kappa shape index (κ2) is 11.2. The molecule has 1 fully saturated rings. The molecule has 1 aliphatic rings. The second-order valence-corrected chi connectivity index (χ2v) is 7.85. The van der Waals surface area contributed by atoms with E-state index in [-0.39, 0.29) is 23.8 Å². The van der Waals surface area contributed by atoms with E-state index in [4.69, 9.17) is 26.4 Å². The Morgan fingerprint density at radius 3 is 2.62 bits per heavy atom. The zero-order valence-corrected chi connectivity index (χ0v) is 18.8.